The first kappa shape index (κ1) is 14.7. The number of hydrogen-bond donors (Lipinski definition) is 1. The Labute approximate surface area is 123 Å². The van der Waals surface area contributed by atoms with Crippen LogP contribution in [-0.4, -0.2) is 23.2 Å². The second kappa shape index (κ2) is 7.19. The first-order valence-electron chi connectivity index (χ1n) is 6.68. The van der Waals surface area contributed by atoms with Crippen molar-refractivity contribution in [3.8, 4) is 5.75 Å². The highest BCUT2D eigenvalue weighted by molar-refractivity contribution is 6.00. The number of rotatable bonds is 5. The van der Waals surface area contributed by atoms with Crippen molar-refractivity contribution in [2.45, 2.75) is 13.8 Å². The molecule has 5 nitrogen and oxygen atoms in total. The van der Waals surface area contributed by atoms with Gasteiger partial charge in [0.15, 0.2) is 0 Å². The van der Waals surface area contributed by atoms with Crippen molar-refractivity contribution < 1.29 is 9.53 Å². The third kappa shape index (κ3) is 4.14. The van der Waals surface area contributed by atoms with Crippen molar-refractivity contribution >= 4 is 11.6 Å². The molecule has 1 aromatic carbocycles. The topological polar surface area (TPSA) is 63.6 Å². The van der Waals surface area contributed by atoms with Crippen molar-refractivity contribution in [1.29, 1.82) is 0 Å². The number of nitrogens with one attached hydrogen (secondary N) is 1. The van der Waals surface area contributed by atoms with Crippen LogP contribution in [0.15, 0.2) is 53.9 Å². The number of ether oxygens (including phenoxy) is 1. The highest BCUT2D eigenvalue weighted by atomic mass is 16.5. The van der Waals surface area contributed by atoms with Gasteiger partial charge in [0.2, 0.25) is 0 Å². The van der Waals surface area contributed by atoms with Crippen LogP contribution in [0.4, 0.5) is 0 Å². The normalized spacial score (nSPS) is 11.0. The average molecular weight is 283 g/mol. The van der Waals surface area contributed by atoms with E-state index in [0.29, 0.717) is 12.2 Å². The average Bonchev–Trinajstić information content (AvgIpc) is 2.54. The summed E-state index contributed by atoms with van der Waals surface area (Å²) in [5, 5.41) is 4.09. The SMILES string of the molecule is CCOc1ccc(C(C)=NNC(=O)c2cccnc2)cc1. The van der Waals surface area contributed by atoms with Gasteiger partial charge in [-0.1, -0.05) is 0 Å². The standard InChI is InChI=1S/C16H17N3O2/c1-3-21-15-8-6-13(7-9-15)12(2)18-19-16(20)14-5-4-10-17-11-14/h4-11H,3H2,1-2H3,(H,19,20). The van der Waals surface area contributed by atoms with Crippen LogP contribution in [-0.2, 0) is 0 Å². The number of amides is 1. The number of aromatic nitrogens is 1. The summed E-state index contributed by atoms with van der Waals surface area (Å²) in [6.07, 6.45) is 3.11. The molecule has 0 atom stereocenters. The number of pyridine rings is 1. The third-order valence-corrected chi connectivity index (χ3v) is 2.83. The van der Waals surface area contributed by atoms with Crippen LogP contribution in [0.1, 0.15) is 29.8 Å². The van der Waals surface area contributed by atoms with Gasteiger partial charge in [-0.15, -0.1) is 0 Å². The van der Waals surface area contributed by atoms with Gasteiger partial charge in [-0.3, -0.25) is 9.78 Å². The van der Waals surface area contributed by atoms with E-state index in [4.69, 9.17) is 4.74 Å². The fourth-order valence-corrected chi connectivity index (χ4v) is 1.72. The van der Waals surface area contributed by atoms with Crippen LogP contribution < -0.4 is 10.2 Å². The maximum absolute atomic E-state index is 11.8. The van der Waals surface area contributed by atoms with Gasteiger partial charge in [-0.05, 0) is 55.8 Å². The minimum absolute atomic E-state index is 0.284. The Balaban J connectivity index is 2.02. The molecule has 0 aliphatic rings. The molecule has 108 valence electrons. The quantitative estimate of drug-likeness (QED) is 0.677. The molecule has 0 unspecified atom stereocenters. The summed E-state index contributed by atoms with van der Waals surface area (Å²) < 4.78 is 5.38. The van der Waals surface area contributed by atoms with Gasteiger partial charge in [-0.25, -0.2) is 5.43 Å². The molecular weight excluding hydrogens is 266 g/mol. The zero-order valence-electron chi connectivity index (χ0n) is 12.0. The zero-order chi connectivity index (χ0) is 15.1. The molecule has 0 fully saturated rings. The fourth-order valence-electron chi connectivity index (χ4n) is 1.72. The van der Waals surface area contributed by atoms with Crippen molar-refractivity contribution in [2.24, 2.45) is 5.10 Å². The zero-order valence-corrected chi connectivity index (χ0v) is 12.0. The number of carbonyl (C=O) groups is 1. The molecule has 2 aromatic rings. The number of nitrogens with zero attached hydrogens (tertiary/aromatic N) is 2. The highest BCUT2D eigenvalue weighted by Gasteiger charge is 2.04. The second-order valence-electron chi connectivity index (χ2n) is 4.34. The largest absolute Gasteiger partial charge is 0.494 e. The van der Waals surface area contributed by atoms with Crippen LogP contribution in [0.2, 0.25) is 0 Å². The molecule has 0 radical (unpaired) electrons. The van der Waals surface area contributed by atoms with Crippen LogP contribution in [0.3, 0.4) is 0 Å². The van der Waals surface area contributed by atoms with Crippen molar-refractivity contribution in [1.82, 2.24) is 10.4 Å². The summed E-state index contributed by atoms with van der Waals surface area (Å²) in [7, 11) is 0. The number of hydrazone groups is 1. The Kier molecular flexibility index (Phi) is 5.04. The van der Waals surface area contributed by atoms with E-state index >= 15 is 0 Å². The minimum atomic E-state index is -0.284. The van der Waals surface area contributed by atoms with Crippen molar-refractivity contribution in [3.63, 3.8) is 0 Å². The van der Waals surface area contributed by atoms with E-state index in [1.54, 1.807) is 18.3 Å². The van der Waals surface area contributed by atoms with Gasteiger partial charge in [0, 0.05) is 12.4 Å². The highest BCUT2D eigenvalue weighted by Crippen LogP contribution is 2.12. The monoisotopic (exact) mass is 283 g/mol. The molecule has 21 heavy (non-hydrogen) atoms. The predicted molar refractivity (Wildman–Crippen MR) is 81.5 cm³/mol. The molecule has 1 aromatic heterocycles. The lowest BCUT2D eigenvalue weighted by molar-refractivity contribution is 0.0954. The summed E-state index contributed by atoms with van der Waals surface area (Å²) in [6, 6.07) is 10.9. The fraction of sp³-hybridized carbons (Fsp3) is 0.188. The molecule has 1 heterocycles. The summed E-state index contributed by atoms with van der Waals surface area (Å²) in [5.74, 6) is 0.529. The lowest BCUT2D eigenvalue weighted by Crippen LogP contribution is -2.19. The summed E-state index contributed by atoms with van der Waals surface area (Å²) in [5.41, 5.74) is 4.63. The van der Waals surface area contributed by atoms with Crippen LogP contribution in [0.5, 0.6) is 5.75 Å². The molecule has 1 N–H and O–H groups in total. The maximum atomic E-state index is 11.8. The summed E-state index contributed by atoms with van der Waals surface area (Å²) >= 11 is 0. The lowest BCUT2D eigenvalue weighted by Gasteiger charge is -2.05. The molecule has 0 aliphatic heterocycles. The van der Waals surface area contributed by atoms with Gasteiger partial charge in [0.25, 0.3) is 5.91 Å². The van der Waals surface area contributed by atoms with E-state index in [0.717, 1.165) is 17.0 Å². The van der Waals surface area contributed by atoms with Gasteiger partial charge in [0.1, 0.15) is 5.75 Å². The molecular formula is C16H17N3O2. The molecule has 0 saturated carbocycles. The Bertz CT molecular complexity index is 622. The Morgan fingerprint density at radius 3 is 2.62 bits per heavy atom. The Hall–Kier alpha value is -2.69. The van der Waals surface area contributed by atoms with Gasteiger partial charge >= 0.3 is 0 Å². The van der Waals surface area contributed by atoms with Crippen molar-refractivity contribution in [3.05, 3.63) is 59.9 Å². The van der Waals surface area contributed by atoms with E-state index in [9.17, 15) is 4.79 Å². The van der Waals surface area contributed by atoms with Gasteiger partial charge in [-0.2, -0.15) is 5.10 Å². The summed E-state index contributed by atoms with van der Waals surface area (Å²) in [4.78, 5) is 15.7. The number of hydrogen-bond acceptors (Lipinski definition) is 4. The molecule has 0 spiro atoms. The molecule has 0 aliphatic carbocycles. The van der Waals surface area contributed by atoms with E-state index in [2.05, 4.69) is 15.5 Å². The van der Waals surface area contributed by atoms with Gasteiger partial charge < -0.3 is 4.74 Å². The predicted octanol–water partition coefficient (Wildman–Crippen LogP) is 2.63. The molecule has 0 bridgehead atoms. The van der Waals surface area contributed by atoms with Crippen molar-refractivity contribution in [2.75, 3.05) is 6.61 Å². The summed E-state index contributed by atoms with van der Waals surface area (Å²) in [6.45, 7) is 4.40. The van der Waals surface area contributed by atoms with E-state index in [-0.39, 0.29) is 5.91 Å². The van der Waals surface area contributed by atoms with E-state index in [1.807, 2.05) is 38.1 Å². The van der Waals surface area contributed by atoms with Crippen LogP contribution in [0.25, 0.3) is 0 Å². The van der Waals surface area contributed by atoms with Crippen LogP contribution >= 0.6 is 0 Å². The molecule has 0 saturated heterocycles. The Morgan fingerprint density at radius 2 is 2.00 bits per heavy atom. The minimum Gasteiger partial charge on any atom is -0.494 e. The Morgan fingerprint density at radius 1 is 1.24 bits per heavy atom. The maximum Gasteiger partial charge on any atom is 0.272 e. The van der Waals surface area contributed by atoms with E-state index in [1.165, 1.54) is 6.20 Å². The third-order valence-electron chi connectivity index (χ3n) is 2.83. The number of benzene rings is 1. The molecule has 5 heteroatoms. The first-order valence-corrected chi connectivity index (χ1v) is 6.68. The second-order valence-corrected chi connectivity index (χ2v) is 4.34. The molecule has 1 amide bonds. The first-order chi connectivity index (χ1) is 10.2. The van der Waals surface area contributed by atoms with Gasteiger partial charge in [0.05, 0.1) is 17.9 Å². The van der Waals surface area contributed by atoms with E-state index < -0.39 is 0 Å². The van der Waals surface area contributed by atoms with Crippen LogP contribution in [0, 0.1) is 0 Å². The lowest BCUT2D eigenvalue weighted by atomic mass is 10.1. The smallest absolute Gasteiger partial charge is 0.272 e. The number of carbonyl (C=O) groups excluding carboxylic acids is 1. The molecule has 2 rings (SSSR count).